The first-order valence-electron chi connectivity index (χ1n) is 6.00. The van der Waals surface area contributed by atoms with Crippen molar-refractivity contribution in [1.29, 1.82) is 0 Å². The van der Waals surface area contributed by atoms with Gasteiger partial charge < -0.3 is 0 Å². The highest BCUT2D eigenvalue weighted by Crippen LogP contribution is 2.27. The molecule has 0 fully saturated rings. The minimum Gasteiger partial charge on any atom is -0.206 e. The van der Waals surface area contributed by atoms with E-state index in [1.165, 1.54) is 0 Å². The summed E-state index contributed by atoms with van der Waals surface area (Å²) in [5, 5.41) is 1.63. The van der Waals surface area contributed by atoms with Gasteiger partial charge in [0.2, 0.25) is 0 Å². The molecule has 0 aromatic heterocycles. The highest BCUT2D eigenvalue weighted by atomic mass is 19.1. The molecule has 0 atom stereocenters. The number of hydrogen-bond acceptors (Lipinski definition) is 0. The second-order valence-electron chi connectivity index (χ2n) is 4.50. The molecule has 0 aliphatic carbocycles. The molecule has 0 bridgehead atoms. The third kappa shape index (κ3) is 1.78. The summed E-state index contributed by atoms with van der Waals surface area (Å²) < 4.78 is 14.1. The molecule has 0 radical (unpaired) electrons. The van der Waals surface area contributed by atoms with Crippen LogP contribution >= 0.6 is 0 Å². The van der Waals surface area contributed by atoms with Crippen LogP contribution in [-0.4, -0.2) is 0 Å². The Balaban J connectivity index is 2.25. The lowest BCUT2D eigenvalue weighted by Crippen LogP contribution is -1.86. The molecule has 88 valence electrons. The van der Waals surface area contributed by atoms with Gasteiger partial charge in [-0.15, -0.1) is 0 Å². The van der Waals surface area contributed by atoms with Gasteiger partial charge in [0.15, 0.2) is 0 Å². The second kappa shape index (κ2) is 4.26. The minimum atomic E-state index is -0.120. The molecule has 0 amide bonds. The average molecular weight is 236 g/mol. The summed E-state index contributed by atoms with van der Waals surface area (Å²) in [6.45, 7) is 1.80. The average Bonchev–Trinajstić information content (AvgIpc) is 2.44. The molecule has 3 rings (SSSR count). The van der Waals surface area contributed by atoms with Crippen LogP contribution in [0.1, 0.15) is 5.56 Å². The number of rotatable bonds is 1. The largest absolute Gasteiger partial charge is 0.206 e. The van der Waals surface area contributed by atoms with Gasteiger partial charge in [0.05, 0.1) is 0 Å². The summed E-state index contributed by atoms with van der Waals surface area (Å²) in [6.07, 6.45) is 0. The molecule has 0 nitrogen and oxygen atoms in total. The topological polar surface area (TPSA) is 0 Å². The number of fused-ring (bicyclic) bond motifs is 1. The quantitative estimate of drug-likeness (QED) is 0.560. The lowest BCUT2D eigenvalue weighted by molar-refractivity contribution is 0.631. The van der Waals surface area contributed by atoms with Crippen LogP contribution in [0.15, 0.2) is 60.7 Å². The molecule has 0 unspecified atom stereocenters. The van der Waals surface area contributed by atoms with Crippen LogP contribution in [0.25, 0.3) is 21.9 Å². The first kappa shape index (κ1) is 11.0. The smallest absolute Gasteiger partial charge is 0.133 e. The zero-order valence-corrected chi connectivity index (χ0v) is 10.2. The van der Waals surface area contributed by atoms with E-state index in [1.807, 2.05) is 60.7 Å². The highest BCUT2D eigenvalue weighted by Gasteiger charge is 2.05. The lowest BCUT2D eigenvalue weighted by atomic mass is 10.00. The summed E-state index contributed by atoms with van der Waals surface area (Å²) in [7, 11) is 0. The molecular weight excluding hydrogens is 223 g/mol. The van der Waals surface area contributed by atoms with E-state index in [2.05, 4.69) is 0 Å². The van der Waals surface area contributed by atoms with Crippen molar-refractivity contribution in [1.82, 2.24) is 0 Å². The molecule has 3 aromatic carbocycles. The first-order valence-corrected chi connectivity index (χ1v) is 6.00. The molecule has 18 heavy (non-hydrogen) atoms. The standard InChI is InChI=1S/C17H13F/c1-12-7-8-14-9-10-15(11-16(14)17(12)18)13-5-3-2-4-6-13/h2-11H,1H3. The number of aryl methyl sites for hydroxylation is 1. The van der Waals surface area contributed by atoms with Gasteiger partial charge in [-0.25, -0.2) is 4.39 Å². The molecule has 0 saturated heterocycles. The van der Waals surface area contributed by atoms with E-state index < -0.39 is 0 Å². The molecule has 0 aliphatic heterocycles. The Morgan fingerprint density at radius 3 is 2.28 bits per heavy atom. The SMILES string of the molecule is Cc1ccc2ccc(-c3ccccc3)cc2c1F. The van der Waals surface area contributed by atoms with E-state index in [-0.39, 0.29) is 5.82 Å². The number of benzene rings is 3. The maximum Gasteiger partial charge on any atom is 0.133 e. The zero-order chi connectivity index (χ0) is 12.5. The van der Waals surface area contributed by atoms with Crippen molar-refractivity contribution in [2.75, 3.05) is 0 Å². The van der Waals surface area contributed by atoms with Gasteiger partial charge in [-0.2, -0.15) is 0 Å². The fraction of sp³-hybridized carbons (Fsp3) is 0.0588. The van der Waals surface area contributed by atoms with Crippen molar-refractivity contribution in [3.05, 3.63) is 72.0 Å². The van der Waals surface area contributed by atoms with Crippen molar-refractivity contribution >= 4 is 10.8 Å². The Morgan fingerprint density at radius 2 is 1.50 bits per heavy atom. The van der Waals surface area contributed by atoms with E-state index in [1.54, 1.807) is 6.92 Å². The molecule has 0 heterocycles. The van der Waals surface area contributed by atoms with E-state index >= 15 is 0 Å². The monoisotopic (exact) mass is 236 g/mol. The van der Waals surface area contributed by atoms with Gasteiger partial charge >= 0.3 is 0 Å². The fourth-order valence-electron chi connectivity index (χ4n) is 2.20. The van der Waals surface area contributed by atoms with E-state index in [0.29, 0.717) is 10.9 Å². The maximum atomic E-state index is 14.1. The normalized spacial score (nSPS) is 10.8. The van der Waals surface area contributed by atoms with Gasteiger partial charge in [-0.3, -0.25) is 0 Å². The van der Waals surface area contributed by atoms with Crippen molar-refractivity contribution in [2.45, 2.75) is 6.92 Å². The van der Waals surface area contributed by atoms with Crippen molar-refractivity contribution < 1.29 is 4.39 Å². The third-order valence-corrected chi connectivity index (χ3v) is 3.26. The Hall–Kier alpha value is -2.15. The van der Waals surface area contributed by atoms with Crippen LogP contribution in [0, 0.1) is 12.7 Å². The lowest BCUT2D eigenvalue weighted by Gasteiger charge is -2.06. The van der Waals surface area contributed by atoms with Crippen molar-refractivity contribution in [3.8, 4) is 11.1 Å². The van der Waals surface area contributed by atoms with Crippen LogP contribution < -0.4 is 0 Å². The molecule has 0 saturated carbocycles. The Bertz CT molecular complexity index is 699. The van der Waals surface area contributed by atoms with Gasteiger partial charge in [-0.05, 0) is 35.1 Å². The maximum absolute atomic E-state index is 14.1. The summed E-state index contributed by atoms with van der Waals surface area (Å²) in [5.41, 5.74) is 2.85. The van der Waals surface area contributed by atoms with Gasteiger partial charge in [0, 0.05) is 5.39 Å². The van der Waals surface area contributed by atoms with E-state index in [0.717, 1.165) is 16.5 Å². The zero-order valence-electron chi connectivity index (χ0n) is 10.2. The van der Waals surface area contributed by atoms with Crippen LogP contribution in [0.5, 0.6) is 0 Å². The third-order valence-electron chi connectivity index (χ3n) is 3.26. The van der Waals surface area contributed by atoms with Crippen molar-refractivity contribution in [3.63, 3.8) is 0 Å². The molecular formula is C17H13F. The molecule has 0 aliphatic rings. The van der Waals surface area contributed by atoms with Crippen LogP contribution in [-0.2, 0) is 0 Å². The molecule has 3 aromatic rings. The van der Waals surface area contributed by atoms with Gasteiger partial charge in [-0.1, -0.05) is 54.6 Å². The minimum absolute atomic E-state index is 0.120. The first-order chi connectivity index (χ1) is 8.75. The highest BCUT2D eigenvalue weighted by molar-refractivity contribution is 5.88. The summed E-state index contributed by atoms with van der Waals surface area (Å²) in [4.78, 5) is 0. The van der Waals surface area contributed by atoms with E-state index in [9.17, 15) is 4.39 Å². The van der Waals surface area contributed by atoms with Crippen molar-refractivity contribution in [2.24, 2.45) is 0 Å². The van der Waals surface area contributed by atoms with E-state index in [4.69, 9.17) is 0 Å². The van der Waals surface area contributed by atoms with Crippen LogP contribution in [0.3, 0.4) is 0 Å². The second-order valence-corrected chi connectivity index (χ2v) is 4.50. The predicted molar refractivity (Wildman–Crippen MR) is 74.1 cm³/mol. The Morgan fingerprint density at radius 1 is 0.778 bits per heavy atom. The molecule has 1 heteroatoms. The summed E-state index contributed by atoms with van der Waals surface area (Å²) in [6, 6.07) is 19.7. The Kier molecular flexibility index (Phi) is 2.60. The fourth-order valence-corrected chi connectivity index (χ4v) is 2.20. The number of hydrogen-bond donors (Lipinski definition) is 0. The Labute approximate surface area is 106 Å². The van der Waals surface area contributed by atoms with Gasteiger partial charge in [0.1, 0.15) is 5.82 Å². The van der Waals surface area contributed by atoms with Crippen LogP contribution in [0.2, 0.25) is 0 Å². The summed E-state index contributed by atoms with van der Waals surface area (Å²) in [5.74, 6) is -0.120. The molecule has 0 spiro atoms. The number of halogens is 1. The molecule has 0 N–H and O–H groups in total. The van der Waals surface area contributed by atoms with Gasteiger partial charge in [0.25, 0.3) is 0 Å². The summed E-state index contributed by atoms with van der Waals surface area (Å²) >= 11 is 0. The van der Waals surface area contributed by atoms with Crippen LogP contribution in [0.4, 0.5) is 4.39 Å². The predicted octanol–water partition coefficient (Wildman–Crippen LogP) is 4.95.